The highest BCUT2D eigenvalue weighted by molar-refractivity contribution is 5.13. The lowest BCUT2D eigenvalue weighted by molar-refractivity contribution is -0.155. The Morgan fingerprint density at radius 2 is 1.56 bits per heavy atom. The number of rotatable bonds is 14. The second kappa shape index (κ2) is 14.9. The van der Waals surface area contributed by atoms with Crippen LogP contribution < -0.4 is 0 Å². The third-order valence-corrected chi connectivity index (χ3v) is 5.10. The molecule has 0 amide bonds. The van der Waals surface area contributed by atoms with Crippen LogP contribution in [0, 0.1) is 5.92 Å². The van der Waals surface area contributed by atoms with Crippen molar-refractivity contribution in [3.63, 3.8) is 0 Å². The molecule has 0 rings (SSSR count). The normalized spacial score (nSPS) is 14.7. The Hall–Kier alpha value is -1.12. The Balaban J connectivity index is 4.09. The zero-order valence-corrected chi connectivity index (χ0v) is 19.2. The molecule has 0 bridgehead atoms. The first kappa shape index (κ1) is 25.9. The summed E-state index contributed by atoms with van der Waals surface area (Å²) in [5, 5.41) is 0. The van der Waals surface area contributed by atoms with Crippen molar-refractivity contribution < 1.29 is 9.47 Å². The summed E-state index contributed by atoms with van der Waals surface area (Å²) in [6.07, 6.45) is 19.5. The zero-order chi connectivity index (χ0) is 20.7. The van der Waals surface area contributed by atoms with Gasteiger partial charge in [0.05, 0.1) is 0 Å². The van der Waals surface area contributed by atoms with Gasteiger partial charge in [0.25, 0.3) is 0 Å². The van der Waals surface area contributed by atoms with Gasteiger partial charge in [-0.1, -0.05) is 54.4 Å². The van der Waals surface area contributed by atoms with E-state index in [4.69, 9.17) is 9.47 Å². The van der Waals surface area contributed by atoms with E-state index in [1.54, 1.807) is 14.2 Å². The molecular formula is C25H44O2. The quantitative estimate of drug-likeness (QED) is 0.175. The molecule has 0 unspecified atom stereocenters. The summed E-state index contributed by atoms with van der Waals surface area (Å²) in [5.41, 5.74) is 4.34. The number of hydrogen-bond acceptors (Lipinski definition) is 2. The summed E-state index contributed by atoms with van der Waals surface area (Å²) >= 11 is 0. The van der Waals surface area contributed by atoms with Crippen molar-refractivity contribution in [2.75, 3.05) is 14.2 Å². The highest BCUT2D eigenvalue weighted by Crippen LogP contribution is 2.18. The summed E-state index contributed by atoms with van der Waals surface area (Å²) in [7, 11) is 3.31. The maximum atomic E-state index is 5.32. The van der Waals surface area contributed by atoms with E-state index in [0.29, 0.717) is 0 Å². The van der Waals surface area contributed by atoms with E-state index < -0.39 is 5.79 Å². The molecule has 0 aromatic carbocycles. The van der Waals surface area contributed by atoms with E-state index in [1.165, 1.54) is 48.8 Å². The summed E-state index contributed by atoms with van der Waals surface area (Å²) in [6, 6.07) is 0. The lowest BCUT2D eigenvalue weighted by Gasteiger charge is -2.21. The summed E-state index contributed by atoms with van der Waals surface area (Å²) in [6.45, 7) is 13.1. The monoisotopic (exact) mass is 376 g/mol. The van der Waals surface area contributed by atoms with E-state index in [1.807, 2.05) is 19.1 Å². The van der Waals surface area contributed by atoms with Crippen molar-refractivity contribution in [1.29, 1.82) is 0 Å². The smallest absolute Gasteiger partial charge is 0.184 e. The van der Waals surface area contributed by atoms with E-state index in [2.05, 4.69) is 52.8 Å². The molecule has 156 valence electrons. The van der Waals surface area contributed by atoms with Gasteiger partial charge in [-0.05, 0) is 85.1 Å². The predicted octanol–water partition coefficient (Wildman–Crippen LogP) is 7.78. The van der Waals surface area contributed by atoms with Crippen LogP contribution in [0.5, 0.6) is 0 Å². The summed E-state index contributed by atoms with van der Waals surface area (Å²) in [5.74, 6) is 0.186. The van der Waals surface area contributed by atoms with Crippen LogP contribution in [0.1, 0.15) is 86.5 Å². The molecule has 0 saturated carbocycles. The van der Waals surface area contributed by atoms with Crippen LogP contribution in [-0.2, 0) is 9.47 Å². The summed E-state index contributed by atoms with van der Waals surface area (Å²) < 4.78 is 10.6. The molecule has 0 aliphatic rings. The number of allylic oxidation sites excluding steroid dienone is 7. The van der Waals surface area contributed by atoms with E-state index in [0.717, 1.165) is 18.8 Å². The number of hydrogen-bond donors (Lipinski definition) is 0. The molecule has 1 atom stereocenters. The van der Waals surface area contributed by atoms with Crippen molar-refractivity contribution in [3.8, 4) is 0 Å². The van der Waals surface area contributed by atoms with Crippen molar-refractivity contribution in [2.24, 2.45) is 5.92 Å². The van der Waals surface area contributed by atoms with Crippen LogP contribution in [0.15, 0.2) is 47.1 Å². The van der Waals surface area contributed by atoms with Crippen LogP contribution in [-0.4, -0.2) is 20.0 Å². The first-order chi connectivity index (χ1) is 12.7. The predicted molar refractivity (Wildman–Crippen MR) is 120 cm³/mol. The van der Waals surface area contributed by atoms with Gasteiger partial charge < -0.3 is 9.47 Å². The molecule has 0 heterocycles. The Morgan fingerprint density at radius 1 is 0.889 bits per heavy atom. The molecule has 2 heteroatoms. The van der Waals surface area contributed by atoms with Crippen LogP contribution in [0.3, 0.4) is 0 Å². The van der Waals surface area contributed by atoms with Crippen LogP contribution in [0.2, 0.25) is 0 Å². The standard InChI is InChI=1S/C25H44O2/c1-21(2)13-9-14-22(3)15-10-16-23(4)17-11-18-24(5)19-12-20-25(6,26-7)27-8/h12-13,17,19-20,22H,9-11,14-16,18H2,1-8H3/t22-/m1/s1. The van der Waals surface area contributed by atoms with Gasteiger partial charge in [0.2, 0.25) is 0 Å². The Morgan fingerprint density at radius 3 is 2.15 bits per heavy atom. The Bertz CT molecular complexity index is 500. The van der Waals surface area contributed by atoms with E-state index in [9.17, 15) is 0 Å². The van der Waals surface area contributed by atoms with Crippen molar-refractivity contribution in [3.05, 3.63) is 47.1 Å². The Kier molecular flexibility index (Phi) is 14.3. The van der Waals surface area contributed by atoms with E-state index in [-0.39, 0.29) is 0 Å². The minimum absolute atomic E-state index is 0.643. The molecule has 0 aromatic rings. The third kappa shape index (κ3) is 14.6. The van der Waals surface area contributed by atoms with Gasteiger partial charge in [0.1, 0.15) is 0 Å². The van der Waals surface area contributed by atoms with Crippen molar-refractivity contribution in [1.82, 2.24) is 0 Å². The molecule has 0 N–H and O–H groups in total. The zero-order valence-electron chi connectivity index (χ0n) is 19.2. The first-order valence-electron chi connectivity index (χ1n) is 10.5. The minimum atomic E-state index is -0.643. The van der Waals surface area contributed by atoms with Gasteiger partial charge in [-0.3, -0.25) is 0 Å². The second-order valence-corrected chi connectivity index (χ2v) is 8.24. The average Bonchev–Trinajstić information content (AvgIpc) is 2.61. The minimum Gasteiger partial charge on any atom is -0.350 e. The lowest BCUT2D eigenvalue weighted by Crippen LogP contribution is -2.26. The molecular weight excluding hydrogens is 332 g/mol. The van der Waals surface area contributed by atoms with Crippen molar-refractivity contribution >= 4 is 0 Å². The van der Waals surface area contributed by atoms with Crippen molar-refractivity contribution in [2.45, 2.75) is 92.3 Å². The average molecular weight is 377 g/mol. The molecule has 0 aliphatic heterocycles. The fourth-order valence-corrected chi connectivity index (χ4v) is 2.87. The van der Waals surface area contributed by atoms with Crippen LogP contribution in [0.25, 0.3) is 0 Å². The molecule has 0 saturated heterocycles. The van der Waals surface area contributed by atoms with Gasteiger partial charge in [-0.25, -0.2) is 0 Å². The SMILES string of the molecule is COC(C)(C=CC=C(C)CCC=C(C)CCC[C@H](C)CCC=C(C)C)OC. The number of methoxy groups -OCH3 is 2. The molecule has 0 aliphatic carbocycles. The number of ether oxygens (including phenoxy) is 2. The fourth-order valence-electron chi connectivity index (χ4n) is 2.87. The maximum absolute atomic E-state index is 5.32. The van der Waals surface area contributed by atoms with Gasteiger partial charge in [-0.15, -0.1) is 0 Å². The molecule has 0 radical (unpaired) electrons. The first-order valence-corrected chi connectivity index (χ1v) is 10.5. The van der Waals surface area contributed by atoms with E-state index >= 15 is 0 Å². The third-order valence-electron chi connectivity index (χ3n) is 5.10. The molecule has 0 spiro atoms. The fraction of sp³-hybridized carbons (Fsp3) is 0.680. The van der Waals surface area contributed by atoms with Gasteiger partial charge in [-0.2, -0.15) is 0 Å². The molecule has 2 nitrogen and oxygen atoms in total. The maximum Gasteiger partial charge on any atom is 0.184 e. The Labute approximate surface area is 169 Å². The molecule has 0 fully saturated rings. The van der Waals surface area contributed by atoms with Crippen LogP contribution in [0.4, 0.5) is 0 Å². The van der Waals surface area contributed by atoms with Gasteiger partial charge >= 0.3 is 0 Å². The lowest BCUT2D eigenvalue weighted by atomic mass is 9.96. The van der Waals surface area contributed by atoms with Crippen LogP contribution >= 0.6 is 0 Å². The highest BCUT2D eigenvalue weighted by atomic mass is 16.7. The van der Waals surface area contributed by atoms with Gasteiger partial charge in [0, 0.05) is 14.2 Å². The molecule has 27 heavy (non-hydrogen) atoms. The topological polar surface area (TPSA) is 18.5 Å². The largest absolute Gasteiger partial charge is 0.350 e. The molecule has 0 aromatic heterocycles. The second-order valence-electron chi connectivity index (χ2n) is 8.24. The van der Waals surface area contributed by atoms with Gasteiger partial charge in [0.15, 0.2) is 5.79 Å². The summed E-state index contributed by atoms with van der Waals surface area (Å²) in [4.78, 5) is 0. The highest BCUT2D eigenvalue weighted by Gasteiger charge is 2.16.